The van der Waals surface area contributed by atoms with E-state index >= 15 is 0 Å². The molecule has 0 fully saturated rings. The van der Waals surface area contributed by atoms with Crippen molar-refractivity contribution in [1.82, 2.24) is 10.6 Å². The minimum absolute atomic E-state index is 0.0100. The molecule has 19 heavy (non-hydrogen) atoms. The number of urea groups is 1. The van der Waals surface area contributed by atoms with Crippen LogP contribution < -0.4 is 10.6 Å². The number of aliphatic carboxylic acids is 1. The van der Waals surface area contributed by atoms with E-state index in [9.17, 15) is 9.59 Å². The highest BCUT2D eigenvalue weighted by Gasteiger charge is 2.07. The highest BCUT2D eigenvalue weighted by atomic mass is 32.2. The highest BCUT2D eigenvalue weighted by Crippen LogP contribution is 2.02. The first-order valence-electron chi connectivity index (χ1n) is 6.81. The molecule has 5 nitrogen and oxygen atoms in total. The molecule has 0 aromatic heterocycles. The second-order valence-electron chi connectivity index (χ2n) is 4.64. The Kier molecular flexibility index (Phi) is 11.6. The van der Waals surface area contributed by atoms with Gasteiger partial charge in [-0.1, -0.05) is 6.42 Å². The Balaban J connectivity index is 3.43. The van der Waals surface area contributed by atoms with E-state index in [0.29, 0.717) is 19.4 Å². The largest absolute Gasteiger partial charge is 0.481 e. The maximum Gasteiger partial charge on any atom is 0.314 e. The normalized spacial score (nSPS) is 11.9. The van der Waals surface area contributed by atoms with E-state index < -0.39 is 5.97 Å². The summed E-state index contributed by atoms with van der Waals surface area (Å²) >= 11 is 1.84. The van der Waals surface area contributed by atoms with Gasteiger partial charge in [0.05, 0.1) is 0 Å². The van der Waals surface area contributed by atoms with Gasteiger partial charge in [0.15, 0.2) is 0 Å². The van der Waals surface area contributed by atoms with E-state index in [2.05, 4.69) is 16.9 Å². The average molecular weight is 290 g/mol. The van der Waals surface area contributed by atoms with Crippen molar-refractivity contribution in [2.75, 3.05) is 18.6 Å². The number of unbranched alkanes of at least 4 members (excludes halogenated alkanes) is 2. The van der Waals surface area contributed by atoms with Crippen molar-refractivity contribution >= 4 is 23.8 Å². The lowest BCUT2D eigenvalue weighted by Crippen LogP contribution is -2.41. The summed E-state index contributed by atoms with van der Waals surface area (Å²) < 4.78 is 0. The first-order valence-corrected chi connectivity index (χ1v) is 8.20. The number of hydrogen-bond donors (Lipinski definition) is 3. The molecule has 0 aromatic carbocycles. The summed E-state index contributed by atoms with van der Waals surface area (Å²) in [7, 11) is 0. The van der Waals surface area contributed by atoms with Crippen molar-refractivity contribution in [3.8, 4) is 0 Å². The third kappa shape index (κ3) is 13.3. The fraction of sp³-hybridized carbons (Fsp3) is 0.846. The minimum Gasteiger partial charge on any atom is -0.481 e. The standard InChI is InChI=1S/C13H26N2O3S/c1-11(7-6-8-12(16)17)15-13(18)14-9-4-3-5-10-19-2/h11H,3-10H2,1-2H3,(H,16,17)(H2,14,15,18). The quantitative estimate of drug-likeness (QED) is 0.511. The van der Waals surface area contributed by atoms with E-state index in [1.165, 1.54) is 12.2 Å². The van der Waals surface area contributed by atoms with Crippen LogP contribution in [0.15, 0.2) is 0 Å². The molecule has 0 aromatic rings. The molecule has 112 valence electrons. The highest BCUT2D eigenvalue weighted by molar-refractivity contribution is 7.98. The fourth-order valence-electron chi connectivity index (χ4n) is 1.66. The van der Waals surface area contributed by atoms with Crippen LogP contribution in [0.4, 0.5) is 4.79 Å². The zero-order chi connectivity index (χ0) is 14.5. The maximum absolute atomic E-state index is 11.5. The van der Waals surface area contributed by atoms with Gasteiger partial charge in [-0.3, -0.25) is 4.79 Å². The lowest BCUT2D eigenvalue weighted by atomic mass is 10.1. The smallest absolute Gasteiger partial charge is 0.314 e. The van der Waals surface area contributed by atoms with Crippen molar-refractivity contribution in [1.29, 1.82) is 0 Å². The maximum atomic E-state index is 11.5. The second kappa shape index (κ2) is 12.1. The Hall–Kier alpha value is -0.910. The van der Waals surface area contributed by atoms with E-state index in [1.807, 2.05) is 18.7 Å². The second-order valence-corrected chi connectivity index (χ2v) is 5.63. The Morgan fingerprint density at radius 1 is 1.21 bits per heavy atom. The first-order chi connectivity index (χ1) is 9.06. The van der Waals surface area contributed by atoms with Crippen LogP contribution in [0.2, 0.25) is 0 Å². The van der Waals surface area contributed by atoms with Gasteiger partial charge in [0, 0.05) is 19.0 Å². The fourth-order valence-corrected chi connectivity index (χ4v) is 2.15. The molecule has 0 heterocycles. The summed E-state index contributed by atoms with van der Waals surface area (Å²) in [5.74, 6) is 0.384. The molecule has 0 saturated carbocycles. The van der Waals surface area contributed by atoms with Crippen molar-refractivity contribution in [2.45, 2.75) is 51.5 Å². The molecule has 0 aliphatic carbocycles. The van der Waals surface area contributed by atoms with Gasteiger partial charge in [0.25, 0.3) is 0 Å². The number of thioether (sulfide) groups is 1. The monoisotopic (exact) mass is 290 g/mol. The number of nitrogens with one attached hydrogen (secondary N) is 2. The summed E-state index contributed by atoms with van der Waals surface area (Å²) in [4.78, 5) is 21.8. The summed E-state index contributed by atoms with van der Waals surface area (Å²) in [6.45, 7) is 2.59. The molecule has 6 heteroatoms. The molecule has 0 saturated heterocycles. The van der Waals surface area contributed by atoms with E-state index in [0.717, 1.165) is 12.8 Å². The first kappa shape index (κ1) is 18.1. The summed E-state index contributed by atoms with van der Waals surface area (Å²) in [5.41, 5.74) is 0. The molecule has 2 amide bonds. The third-order valence-electron chi connectivity index (χ3n) is 2.72. The lowest BCUT2D eigenvalue weighted by molar-refractivity contribution is -0.137. The van der Waals surface area contributed by atoms with Crippen LogP contribution in [0.5, 0.6) is 0 Å². The molecule has 1 unspecified atom stereocenters. The number of amides is 2. The molecule has 0 rings (SSSR count). The molecular weight excluding hydrogens is 264 g/mol. The third-order valence-corrected chi connectivity index (χ3v) is 3.41. The average Bonchev–Trinajstić information content (AvgIpc) is 2.33. The van der Waals surface area contributed by atoms with E-state index in [4.69, 9.17) is 5.11 Å². The SMILES string of the molecule is CSCCCCCNC(=O)NC(C)CCCC(=O)O. The van der Waals surface area contributed by atoms with Crippen LogP contribution in [0.1, 0.15) is 45.4 Å². The number of carbonyl (C=O) groups excluding carboxylic acids is 1. The zero-order valence-electron chi connectivity index (χ0n) is 11.9. The van der Waals surface area contributed by atoms with Crippen LogP contribution in [-0.4, -0.2) is 41.7 Å². The van der Waals surface area contributed by atoms with Crippen LogP contribution in [0.3, 0.4) is 0 Å². The predicted octanol–water partition coefficient (Wildman–Crippen LogP) is 2.46. The Bertz CT molecular complexity index is 262. The van der Waals surface area contributed by atoms with Gasteiger partial charge in [-0.2, -0.15) is 11.8 Å². The van der Waals surface area contributed by atoms with Crippen LogP contribution in [0.25, 0.3) is 0 Å². The van der Waals surface area contributed by atoms with Crippen LogP contribution in [-0.2, 0) is 4.79 Å². The molecular formula is C13H26N2O3S. The molecule has 0 bridgehead atoms. The van der Waals surface area contributed by atoms with E-state index in [1.54, 1.807) is 0 Å². The van der Waals surface area contributed by atoms with Crippen molar-refractivity contribution < 1.29 is 14.7 Å². The minimum atomic E-state index is -0.790. The predicted molar refractivity (Wildman–Crippen MR) is 79.7 cm³/mol. The number of carboxylic acids is 1. The molecule has 3 N–H and O–H groups in total. The van der Waals surface area contributed by atoms with Gasteiger partial charge in [-0.15, -0.1) is 0 Å². The Morgan fingerprint density at radius 3 is 2.58 bits per heavy atom. The van der Waals surface area contributed by atoms with Crippen molar-refractivity contribution in [3.63, 3.8) is 0 Å². The molecule has 0 spiro atoms. The number of carboxylic acid groups (broad SMARTS) is 1. The van der Waals surface area contributed by atoms with Gasteiger partial charge in [-0.05, 0) is 44.6 Å². The van der Waals surface area contributed by atoms with Crippen molar-refractivity contribution in [3.05, 3.63) is 0 Å². The van der Waals surface area contributed by atoms with Gasteiger partial charge in [-0.25, -0.2) is 4.79 Å². The Morgan fingerprint density at radius 2 is 1.95 bits per heavy atom. The summed E-state index contributed by atoms with van der Waals surface area (Å²) in [5, 5.41) is 14.1. The van der Waals surface area contributed by atoms with E-state index in [-0.39, 0.29) is 18.5 Å². The summed E-state index contributed by atoms with van der Waals surface area (Å²) in [6.07, 6.45) is 6.85. The molecule has 0 aliphatic rings. The number of carbonyl (C=O) groups is 2. The Labute approximate surface area is 119 Å². The van der Waals surface area contributed by atoms with Crippen LogP contribution >= 0.6 is 11.8 Å². The van der Waals surface area contributed by atoms with Gasteiger partial charge in [0.1, 0.15) is 0 Å². The van der Waals surface area contributed by atoms with Gasteiger partial charge < -0.3 is 15.7 Å². The topological polar surface area (TPSA) is 78.4 Å². The summed E-state index contributed by atoms with van der Waals surface area (Å²) in [6, 6.07) is -0.150. The van der Waals surface area contributed by atoms with Crippen LogP contribution in [0, 0.1) is 0 Å². The lowest BCUT2D eigenvalue weighted by Gasteiger charge is -2.14. The van der Waals surface area contributed by atoms with Gasteiger partial charge in [0.2, 0.25) is 0 Å². The van der Waals surface area contributed by atoms with Crippen molar-refractivity contribution in [2.24, 2.45) is 0 Å². The molecule has 1 atom stereocenters. The molecule has 0 radical (unpaired) electrons. The number of rotatable bonds is 11. The molecule has 0 aliphatic heterocycles. The zero-order valence-corrected chi connectivity index (χ0v) is 12.7. The number of hydrogen-bond acceptors (Lipinski definition) is 3. The van der Waals surface area contributed by atoms with Gasteiger partial charge >= 0.3 is 12.0 Å².